The molecule has 0 heterocycles. The third-order valence-corrected chi connectivity index (χ3v) is 5.26. The van der Waals surface area contributed by atoms with Crippen LogP contribution in [0.4, 0.5) is 11.4 Å². The fourth-order valence-corrected chi connectivity index (χ4v) is 3.63. The smallest absolute Gasteiger partial charge is 0.323 e. The molecule has 1 aromatic carbocycles. The van der Waals surface area contributed by atoms with Crippen LogP contribution < -0.4 is 10.6 Å². The van der Waals surface area contributed by atoms with Gasteiger partial charge in [0.1, 0.15) is 17.8 Å². The number of nitro benzene ring substituents is 1. The Morgan fingerprint density at radius 3 is 2.60 bits per heavy atom. The Bertz CT molecular complexity index is 702. The molecular weight excluding hydrogens is 384 g/mol. The molecule has 1 unspecified atom stereocenters. The van der Waals surface area contributed by atoms with Gasteiger partial charge in [0, 0.05) is 25.7 Å². The largest absolute Gasteiger partial charge is 0.461 e. The Balaban J connectivity index is 2.01. The number of carbonyl (C=O) groups excluding carboxylic acids is 1. The van der Waals surface area contributed by atoms with Gasteiger partial charge in [-0.05, 0) is 63.7 Å². The summed E-state index contributed by atoms with van der Waals surface area (Å²) in [6, 6.07) is 4.74. The van der Waals surface area contributed by atoms with Crippen molar-refractivity contribution in [3.63, 3.8) is 0 Å². The molecule has 1 atom stereocenters. The molecule has 1 aliphatic carbocycles. The zero-order valence-electron chi connectivity index (χ0n) is 18.6. The summed E-state index contributed by atoms with van der Waals surface area (Å²) in [5, 5.41) is 17.9. The molecule has 1 saturated carbocycles. The second-order valence-electron chi connectivity index (χ2n) is 8.75. The van der Waals surface area contributed by atoms with Crippen molar-refractivity contribution in [3.8, 4) is 0 Å². The number of ether oxygens (including phenoxy) is 1. The first-order valence-corrected chi connectivity index (χ1v) is 10.9. The lowest BCUT2D eigenvalue weighted by Crippen LogP contribution is -2.40. The van der Waals surface area contributed by atoms with Crippen molar-refractivity contribution in [1.29, 1.82) is 0 Å². The van der Waals surface area contributed by atoms with Crippen LogP contribution in [0.1, 0.15) is 51.5 Å². The van der Waals surface area contributed by atoms with E-state index in [1.807, 2.05) is 25.1 Å². The highest BCUT2D eigenvalue weighted by Gasteiger charge is 2.26. The number of likely N-dealkylation sites (N-methyl/N-ethyl adjacent to an activating group) is 1. The van der Waals surface area contributed by atoms with Crippen LogP contribution >= 0.6 is 0 Å². The van der Waals surface area contributed by atoms with Crippen LogP contribution in [0.15, 0.2) is 18.2 Å². The summed E-state index contributed by atoms with van der Waals surface area (Å²) < 4.78 is 5.68. The molecule has 0 aliphatic heterocycles. The van der Waals surface area contributed by atoms with Crippen LogP contribution in [-0.4, -0.2) is 55.1 Å². The first-order valence-electron chi connectivity index (χ1n) is 10.9. The van der Waals surface area contributed by atoms with Crippen molar-refractivity contribution in [3.05, 3.63) is 33.9 Å². The molecule has 1 fully saturated rings. The zero-order chi connectivity index (χ0) is 22.1. The zero-order valence-corrected chi connectivity index (χ0v) is 18.6. The molecule has 0 amide bonds. The number of rotatable bonds is 12. The summed E-state index contributed by atoms with van der Waals surface area (Å²) in [7, 11) is 3.91. The minimum absolute atomic E-state index is 0.0302. The number of nitrogens with zero attached hydrogens (tertiary/aromatic N) is 2. The van der Waals surface area contributed by atoms with E-state index in [1.54, 1.807) is 12.1 Å². The Morgan fingerprint density at radius 1 is 1.30 bits per heavy atom. The van der Waals surface area contributed by atoms with Gasteiger partial charge < -0.3 is 20.3 Å². The van der Waals surface area contributed by atoms with E-state index in [1.165, 1.54) is 0 Å². The van der Waals surface area contributed by atoms with Crippen LogP contribution in [-0.2, 0) is 16.1 Å². The van der Waals surface area contributed by atoms with E-state index in [0.29, 0.717) is 31.1 Å². The van der Waals surface area contributed by atoms with Gasteiger partial charge in [0.25, 0.3) is 5.69 Å². The molecule has 0 radical (unpaired) electrons. The van der Waals surface area contributed by atoms with Crippen molar-refractivity contribution in [2.24, 2.45) is 5.92 Å². The summed E-state index contributed by atoms with van der Waals surface area (Å²) >= 11 is 0. The molecule has 8 nitrogen and oxygen atoms in total. The van der Waals surface area contributed by atoms with Gasteiger partial charge in [-0.3, -0.25) is 14.9 Å². The predicted octanol–water partition coefficient (Wildman–Crippen LogP) is 3.56. The van der Waals surface area contributed by atoms with Crippen LogP contribution in [0, 0.1) is 16.0 Å². The van der Waals surface area contributed by atoms with E-state index in [0.717, 1.165) is 37.8 Å². The van der Waals surface area contributed by atoms with Gasteiger partial charge >= 0.3 is 5.97 Å². The predicted molar refractivity (Wildman–Crippen MR) is 119 cm³/mol. The van der Waals surface area contributed by atoms with Crippen molar-refractivity contribution >= 4 is 17.3 Å². The van der Waals surface area contributed by atoms with Gasteiger partial charge in [0.05, 0.1) is 4.92 Å². The number of esters is 1. The van der Waals surface area contributed by atoms with Gasteiger partial charge in [0.2, 0.25) is 0 Å². The summed E-state index contributed by atoms with van der Waals surface area (Å²) in [5.41, 5.74) is 1.31. The standard InChI is InChI=1S/C22H36N4O4/c1-16(2)13-20(22(27)30-18-7-5-6-8-18)24-15-17-9-10-19(21(14-17)26(28)29)23-11-12-25(3)4/h9-10,14,16,18,20,23-24H,5-8,11-13,15H2,1-4H3. The third-order valence-electron chi connectivity index (χ3n) is 5.26. The summed E-state index contributed by atoms with van der Waals surface area (Å²) in [5.74, 6) is 0.114. The minimum Gasteiger partial charge on any atom is -0.461 e. The lowest BCUT2D eigenvalue weighted by atomic mass is 10.0. The Kier molecular flexibility index (Phi) is 9.52. The second kappa shape index (κ2) is 11.9. The maximum absolute atomic E-state index is 12.7. The van der Waals surface area contributed by atoms with Gasteiger partial charge in [-0.25, -0.2) is 0 Å². The topological polar surface area (TPSA) is 96.7 Å². The molecule has 2 rings (SSSR count). The van der Waals surface area contributed by atoms with Crippen molar-refractivity contribution < 1.29 is 14.5 Å². The summed E-state index contributed by atoms with van der Waals surface area (Å²) in [6.45, 7) is 5.90. The highest BCUT2D eigenvalue weighted by atomic mass is 16.6. The average molecular weight is 421 g/mol. The molecular formula is C22H36N4O4. The first kappa shape index (κ1) is 24.1. The number of hydrogen-bond acceptors (Lipinski definition) is 7. The number of anilines is 1. The Labute approximate surface area is 179 Å². The summed E-state index contributed by atoms with van der Waals surface area (Å²) in [4.78, 5) is 25.8. The lowest BCUT2D eigenvalue weighted by Gasteiger charge is -2.22. The van der Waals surface area contributed by atoms with Gasteiger partial charge in [-0.15, -0.1) is 0 Å². The number of hydrogen-bond donors (Lipinski definition) is 2. The van der Waals surface area contributed by atoms with Crippen molar-refractivity contribution in [2.75, 3.05) is 32.5 Å². The normalized spacial score (nSPS) is 15.5. The maximum Gasteiger partial charge on any atom is 0.323 e. The first-order chi connectivity index (χ1) is 14.3. The molecule has 0 bridgehead atoms. The van der Waals surface area contributed by atoms with E-state index in [4.69, 9.17) is 4.74 Å². The minimum atomic E-state index is -0.414. The average Bonchev–Trinajstić information content (AvgIpc) is 3.18. The Hall–Kier alpha value is -2.19. The van der Waals surface area contributed by atoms with Crippen molar-refractivity contribution in [2.45, 2.75) is 64.6 Å². The van der Waals surface area contributed by atoms with E-state index in [-0.39, 0.29) is 22.7 Å². The number of benzene rings is 1. The lowest BCUT2D eigenvalue weighted by molar-refractivity contribution is -0.384. The Morgan fingerprint density at radius 2 is 2.00 bits per heavy atom. The van der Waals surface area contributed by atoms with Gasteiger partial charge in [-0.2, -0.15) is 0 Å². The van der Waals surface area contributed by atoms with Crippen molar-refractivity contribution in [1.82, 2.24) is 10.2 Å². The van der Waals surface area contributed by atoms with E-state index in [2.05, 4.69) is 24.5 Å². The number of nitro groups is 1. The molecule has 168 valence electrons. The second-order valence-corrected chi connectivity index (χ2v) is 8.75. The van der Waals surface area contributed by atoms with Crippen LogP contribution in [0.5, 0.6) is 0 Å². The van der Waals surface area contributed by atoms with Crippen LogP contribution in [0.2, 0.25) is 0 Å². The van der Waals surface area contributed by atoms with E-state index in [9.17, 15) is 14.9 Å². The van der Waals surface area contributed by atoms with Crippen LogP contribution in [0.25, 0.3) is 0 Å². The fraction of sp³-hybridized carbons (Fsp3) is 0.682. The van der Waals surface area contributed by atoms with Gasteiger partial charge in [0.15, 0.2) is 0 Å². The summed E-state index contributed by atoms with van der Waals surface area (Å²) in [6.07, 6.45) is 4.79. The molecule has 0 spiro atoms. The molecule has 2 N–H and O–H groups in total. The van der Waals surface area contributed by atoms with E-state index < -0.39 is 6.04 Å². The fourth-order valence-electron chi connectivity index (χ4n) is 3.63. The van der Waals surface area contributed by atoms with Crippen LogP contribution in [0.3, 0.4) is 0 Å². The SMILES string of the molecule is CC(C)CC(NCc1ccc(NCCN(C)C)c([N+](=O)[O-])c1)C(=O)OC1CCCC1. The molecule has 1 aliphatic rings. The molecule has 1 aromatic rings. The highest BCUT2D eigenvalue weighted by molar-refractivity contribution is 5.76. The molecule has 0 aromatic heterocycles. The number of nitrogens with one attached hydrogen (secondary N) is 2. The third kappa shape index (κ3) is 7.91. The molecule has 0 saturated heterocycles. The molecule has 8 heteroatoms. The van der Waals surface area contributed by atoms with E-state index >= 15 is 0 Å². The van der Waals surface area contributed by atoms with Gasteiger partial charge in [-0.1, -0.05) is 19.9 Å². The monoisotopic (exact) mass is 420 g/mol. The molecule has 30 heavy (non-hydrogen) atoms. The quantitative estimate of drug-likeness (QED) is 0.303. The number of carbonyl (C=O) groups is 1. The maximum atomic E-state index is 12.7. The highest BCUT2D eigenvalue weighted by Crippen LogP contribution is 2.26.